The first-order valence-corrected chi connectivity index (χ1v) is 11.1. The fourth-order valence-electron chi connectivity index (χ4n) is 4.67. The van der Waals surface area contributed by atoms with E-state index in [0.29, 0.717) is 13.1 Å². The third-order valence-corrected chi connectivity index (χ3v) is 6.26. The molecule has 5 rings (SSSR count). The maximum atomic E-state index is 12.9. The number of carbonyl (C=O) groups is 1. The molecule has 3 aromatic rings. The van der Waals surface area contributed by atoms with E-state index in [9.17, 15) is 4.79 Å². The number of anilines is 1. The van der Waals surface area contributed by atoms with Crippen LogP contribution in [0.25, 0.3) is 11.4 Å². The van der Waals surface area contributed by atoms with Gasteiger partial charge in [-0.2, -0.15) is 5.10 Å². The van der Waals surface area contributed by atoms with Gasteiger partial charge in [0.2, 0.25) is 5.91 Å². The van der Waals surface area contributed by atoms with Gasteiger partial charge < -0.3 is 10.2 Å². The van der Waals surface area contributed by atoms with Gasteiger partial charge in [0.15, 0.2) is 5.82 Å². The Hall–Kier alpha value is -3.22. The fraction of sp³-hybridized carbons (Fsp3) is 0.417. The molecule has 0 bridgehead atoms. The Bertz CT molecular complexity index is 1080. The standard InChI is InChI=1S/C24H28N6O/c1-29-15-17(14-26-29)13-25-24(31)19-9-6-12-30(16-19)23-20-10-5-11-21(20)27-22(28-23)18-7-3-2-4-8-18/h2-4,7-8,14-15,19H,5-6,9-13,16H2,1H3,(H,25,31)/t19-/m1/s1. The molecule has 2 aromatic heterocycles. The predicted octanol–water partition coefficient (Wildman–Crippen LogP) is 2.90. The first-order valence-electron chi connectivity index (χ1n) is 11.1. The van der Waals surface area contributed by atoms with Gasteiger partial charge in [-0.15, -0.1) is 0 Å². The molecule has 0 saturated carbocycles. The molecule has 3 heterocycles. The third-order valence-electron chi connectivity index (χ3n) is 6.26. The Kier molecular flexibility index (Phi) is 5.40. The van der Waals surface area contributed by atoms with E-state index in [0.717, 1.165) is 61.4 Å². The van der Waals surface area contributed by atoms with Gasteiger partial charge in [0.1, 0.15) is 5.82 Å². The van der Waals surface area contributed by atoms with Crippen LogP contribution in [-0.2, 0) is 31.2 Å². The number of carbonyl (C=O) groups excluding carboxylic acids is 1. The fourth-order valence-corrected chi connectivity index (χ4v) is 4.67. The Balaban J connectivity index is 1.35. The van der Waals surface area contributed by atoms with Gasteiger partial charge in [0, 0.05) is 55.3 Å². The number of aryl methyl sites for hydroxylation is 2. The molecule has 1 amide bonds. The summed E-state index contributed by atoms with van der Waals surface area (Å²) in [6.45, 7) is 2.16. The van der Waals surface area contributed by atoms with Crippen LogP contribution in [0.3, 0.4) is 0 Å². The zero-order valence-electron chi connectivity index (χ0n) is 17.9. The van der Waals surface area contributed by atoms with Crippen LogP contribution in [0.5, 0.6) is 0 Å². The van der Waals surface area contributed by atoms with Crippen molar-refractivity contribution in [2.24, 2.45) is 13.0 Å². The molecule has 1 aliphatic heterocycles. The van der Waals surface area contributed by atoms with Gasteiger partial charge in [-0.05, 0) is 32.1 Å². The molecule has 1 aliphatic carbocycles. The lowest BCUT2D eigenvalue weighted by Crippen LogP contribution is -2.43. The van der Waals surface area contributed by atoms with E-state index in [4.69, 9.17) is 9.97 Å². The number of piperidine rings is 1. The number of hydrogen-bond acceptors (Lipinski definition) is 5. The van der Waals surface area contributed by atoms with Gasteiger partial charge in [-0.3, -0.25) is 9.48 Å². The highest BCUT2D eigenvalue weighted by Gasteiger charge is 2.30. The number of hydrogen-bond donors (Lipinski definition) is 1. The summed E-state index contributed by atoms with van der Waals surface area (Å²) in [5.41, 5.74) is 4.51. The lowest BCUT2D eigenvalue weighted by Gasteiger charge is -2.34. The maximum Gasteiger partial charge on any atom is 0.225 e. The highest BCUT2D eigenvalue weighted by molar-refractivity contribution is 5.79. The van der Waals surface area contributed by atoms with Gasteiger partial charge in [0.25, 0.3) is 0 Å². The van der Waals surface area contributed by atoms with Crippen molar-refractivity contribution in [1.29, 1.82) is 0 Å². The summed E-state index contributed by atoms with van der Waals surface area (Å²) in [5.74, 6) is 1.91. The molecule has 1 atom stereocenters. The lowest BCUT2D eigenvalue weighted by atomic mass is 9.96. The SMILES string of the molecule is Cn1cc(CNC(=O)[C@@H]2CCCN(c3nc(-c4ccccc4)nc4c3CCC4)C2)cn1. The highest BCUT2D eigenvalue weighted by atomic mass is 16.1. The minimum absolute atomic E-state index is 0.0300. The van der Waals surface area contributed by atoms with E-state index in [1.54, 1.807) is 10.9 Å². The molecular formula is C24H28N6O. The number of benzene rings is 1. The van der Waals surface area contributed by atoms with Gasteiger partial charge in [-0.1, -0.05) is 30.3 Å². The van der Waals surface area contributed by atoms with Gasteiger partial charge >= 0.3 is 0 Å². The van der Waals surface area contributed by atoms with E-state index in [1.165, 1.54) is 11.3 Å². The van der Waals surface area contributed by atoms with Crippen LogP contribution in [-0.4, -0.2) is 38.7 Å². The van der Waals surface area contributed by atoms with Crippen molar-refractivity contribution in [3.8, 4) is 11.4 Å². The number of nitrogens with one attached hydrogen (secondary N) is 1. The minimum atomic E-state index is -0.0300. The summed E-state index contributed by atoms with van der Waals surface area (Å²) in [4.78, 5) is 25.1. The molecule has 0 spiro atoms. The van der Waals surface area contributed by atoms with Gasteiger partial charge in [-0.25, -0.2) is 9.97 Å². The van der Waals surface area contributed by atoms with E-state index in [1.807, 2.05) is 31.4 Å². The quantitative estimate of drug-likeness (QED) is 0.692. The molecule has 2 aliphatic rings. The number of aromatic nitrogens is 4. The van der Waals surface area contributed by atoms with Gasteiger partial charge in [0.05, 0.1) is 12.1 Å². The van der Waals surface area contributed by atoms with Crippen molar-refractivity contribution in [1.82, 2.24) is 25.1 Å². The zero-order chi connectivity index (χ0) is 21.2. The average Bonchev–Trinajstić information content (AvgIpc) is 3.46. The van der Waals surface area contributed by atoms with Crippen LogP contribution in [0.1, 0.15) is 36.1 Å². The first kappa shape index (κ1) is 19.7. The summed E-state index contributed by atoms with van der Waals surface area (Å²) in [6, 6.07) is 10.2. The van der Waals surface area contributed by atoms with Crippen LogP contribution in [0.2, 0.25) is 0 Å². The number of nitrogens with zero attached hydrogens (tertiary/aromatic N) is 5. The molecule has 1 fully saturated rings. The minimum Gasteiger partial charge on any atom is -0.355 e. The molecule has 160 valence electrons. The monoisotopic (exact) mass is 416 g/mol. The Morgan fingerprint density at radius 1 is 1.16 bits per heavy atom. The molecule has 0 unspecified atom stereocenters. The van der Waals surface area contributed by atoms with Crippen LogP contribution < -0.4 is 10.2 Å². The summed E-state index contributed by atoms with van der Waals surface area (Å²) >= 11 is 0. The molecule has 1 aromatic carbocycles. The van der Waals surface area contributed by atoms with Crippen molar-refractivity contribution in [3.05, 3.63) is 59.5 Å². The molecule has 0 radical (unpaired) electrons. The smallest absolute Gasteiger partial charge is 0.225 e. The molecule has 31 heavy (non-hydrogen) atoms. The van der Waals surface area contributed by atoms with Crippen molar-refractivity contribution in [2.75, 3.05) is 18.0 Å². The largest absolute Gasteiger partial charge is 0.355 e. The first-order chi connectivity index (χ1) is 15.2. The molecule has 7 nitrogen and oxygen atoms in total. The van der Waals surface area contributed by atoms with Crippen molar-refractivity contribution in [3.63, 3.8) is 0 Å². The van der Waals surface area contributed by atoms with Crippen LogP contribution in [0.15, 0.2) is 42.7 Å². The lowest BCUT2D eigenvalue weighted by molar-refractivity contribution is -0.125. The summed E-state index contributed by atoms with van der Waals surface area (Å²) in [6.07, 6.45) is 8.78. The van der Waals surface area contributed by atoms with E-state index in [2.05, 4.69) is 27.4 Å². The van der Waals surface area contributed by atoms with Crippen LogP contribution in [0.4, 0.5) is 5.82 Å². The molecule has 7 heteroatoms. The van der Waals surface area contributed by atoms with Crippen molar-refractivity contribution in [2.45, 2.75) is 38.6 Å². The Morgan fingerprint density at radius 3 is 2.84 bits per heavy atom. The number of amides is 1. The zero-order valence-corrected chi connectivity index (χ0v) is 17.9. The average molecular weight is 417 g/mol. The number of rotatable bonds is 5. The van der Waals surface area contributed by atoms with E-state index >= 15 is 0 Å². The maximum absolute atomic E-state index is 12.9. The molecule has 1 N–H and O–H groups in total. The normalized spacial score (nSPS) is 18.1. The summed E-state index contributed by atoms with van der Waals surface area (Å²) < 4.78 is 1.75. The van der Waals surface area contributed by atoms with E-state index in [-0.39, 0.29) is 11.8 Å². The predicted molar refractivity (Wildman–Crippen MR) is 119 cm³/mol. The third kappa shape index (κ3) is 4.17. The van der Waals surface area contributed by atoms with Crippen molar-refractivity contribution < 1.29 is 4.79 Å². The second-order valence-electron chi connectivity index (χ2n) is 8.54. The topological polar surface area (TPSA) is 75.9 Å². The van der Waals surface area contributed by atoms with E-state index < -0.39 is 0 Å². The van der Waals surface area contributed by atoms with Crippen LogP contribution >= 0.6 is 0 Å². The van der Waals surface area contributed by atoms with Crippen LogP contribution in [0, 0.1) is 5.92 Å². The van der Waals surface area contributed by atoms with Crippen molar-refractivity contribution >= 4 is 11.7 Å². The molecule has 1 saturated heterocycles. The Morgan fingerprint density at radius 2 is 2.03 bits per heavy atom. The summed E-state index contributed by atoms with van der Waals surface area (Å²) in [5, 5.41) is 7.26. The molecular weight excluding hydrogens is 388 g/mol. The second kappa shape index (κ2) is 8.49. The second-order valence-corrected chi connectivity index (χ2v) is 8.54. The number of fused-ring (bicyclic) bond motifs is 1. The Labute approximate surface area is 182 Å². The highest BCUT2D eigenvalue weighted by Crippen LogP contribution is 2.33. The summed E-state index contributed by atoms with van der Waals surface area (Å²) in [7, 11) is 1.88.